The van der Waals surface area contributed by atoms with Gasteiger partial charge in [0.25, 0.3) is 0 Å². The van der Waals surface area contributed by atoms with Crippen molar-refractivity contribution in [2.45, 2.75) is 52.4 Å². The van der Waals surface area contributed by atoms with Crippen LogP contribution in [0.3, 0.4) is 0 Å². The van der Waals surface area contributed by atoms with E-state index in [-0.39, 0.29) is 0 Å². The Morgan fingerprint density at radius 3 is 2.37 bits per heavy atom. The molecule has 0 amide bonds. The summed E-state index contributed by atoms with van der Waals surface area (Å²) < 4.78 is 0. The van der Waals surface area contributed by atoms with Crippen molar-refractivity contribution in [3.8, 4) is 0 Å². The Balaban J connectivity index is 2.24. The van der Waals surface area contributed by atoms with E-state index in [9.17, 15) is 0 Å². The summed E-state index contributed by atoms with van der Waals surface area (Å²) in [5, 5.41) is 3.33. The zero-order valence-electron chi connectivity index (χ0n) is 12.4. The molecule has 1 N–H and O–H groups in total. The molecular weight excluding hydrogens is 236 g/mol. The van der Waals surface area contributed by atoms with Crippen molar-refractivity contribution in [1.82, 2.24) is 9.97 Å². The first-order valence-corrected chi connectivity index (χ1v) is 7.66. The SMILES string of the molecule is CCCN(CCC)c1cc(NCC)nc(C2CC2)n1. The van der Waals surface area contributed by atoms with Crippen molar-refractivity contribution in [3.05, 3.63) is 11.9 Å². The number of aromatic nitrogens is 2. The molecule has 0 atom stereocenters. The average Bonchev–Trinajstić information content (AvgIpc) is 3.23. The highest BCUT2D eigenvalue weighted by molar-refractivity contribution is 5.50. The van der Waals surface area contributed by atoms with Crippen molar-refractivity contribution in [2.24, 2.45) is 0 Å². The Morgan fingerprint density at radius 2 is 1.84 bits per heavy atom. The lowest BCUT2D eigenvalue weighted by molar-refractivity contribution is 0.727. The van der Waals surface area contributed by atoms with E-state index in [1.165, 1.54) is 12.8 Å². The summed E-state index contributed by atoms with van der Waals surface area (Å²) in [6, 6.07) is 2.10. The number of hydrogen-bond donors (Lipinski definition) is 1. The summed E-state index contributed by atoms with van der Waals surface area (Å²) >= 11 is 0. The molecule has 1 aromatic rings. The summed E-state index contributed by atoms with van der Waals surface area (Å²) in [6.07, 6.45) is 4.80. The van der Waals surface area contributed by atoms with Gasteiger partial charge >= 0.3 is 0 Å². The minimum Gasteiger partial charge on any atom is -0.370 e. The van der Waals surface area contributed by atoms with Gasteiger partial charge in [0.2, 0.25) is 0 Å². The molecule has 4 nitrogen and oxygen atoms in total. The molecule has 0 saturated heterocycles. The number of rotatable bonds is 8. The van der Waals surface area contributed by atoms with Gasteiger partial charge in [0.1, 0.15) is 17.5 Å². The summed E-state index contributed by atoms with van der Waals surface area (Å²) in [5.41, 5.74) is 0. The van der Waals surface area contributed by atoms with Gasteiger partial charge in [0.05, 0.1) is 0 Å². The molecule has 4 heteroatoms. The zero-order valence-corrected chi connectivity index (χ0v) is 12.4. The van der Waals surface area contributed by atoms with Crippen molar-refractivity contribution in [1.29, 1.82) is 0 Å². The van der Waals surface area contributed by atoms with Crippen LogP contribution in [0.1, 0.15) is 58.2 Å². The van der Waals surface area contributed by atoms with Gasteiger partial charge in [0, 0.05) is 31.6 Å². The van der Waals surface area contributed by atoms with Crippen LogP contribution in [-0.2, 0) is 0 Å². The maximum absolute atomic E-state index is 4.79. The van der Waals surface area contributed by atoms with Crippen molar-refractivity contribution < 1.29 is 0 Å². The van der Waals surface area contributed by atoms with Crippen LogP contribution in [0, 0.1) is 0 Å². The standard InChI is InChI=1S/C15H26N4/c1-4-9-19(10-5-2)14-11-13(16-6-3)17-15(18-14)12-7-8-12/h11-12H,4-10H2,1-3H3,(H,16,17,18). The molecule has 1 aliphatic rings. The van der Waals surface area contributed by atoms with Gasteiger partial charge in [0.15, 0.2) is 0 Å². The number of hydrogen-bond acceptors (Lipinski definition) is 4. The maximum Gasteiger partial charge on any atom is 0.136 e. The predicted molar refractivity (Wildman–Crippen MR) is 81.0 cm³/mol. The van der Waals surface area contributed by atoms with Gasteiger partial charge in [-0.3, -0.25) is 0 Å². The third-order valence-corrected chi connectivity index (χ3v) is 3.34. The highest BCUT2D eigenvalue weighted by atomic mass is 15.2. The highest BCUT2D eigenvalue weighted by Crippen LogP contribution is 2.39. The summed E-state index contributed by atoms with van der Waals surface area (Å²) in [6.45, 7) is 9.59. The Hall–Kier alpha value is -1.32. The van der Waals surface area contributed by atoms with E-state index in [4.69, 9.17) is 4.98 Å². The second-order valence-corrected chi connectivity index (χ2v) is 5.26. The zero-order chi connectivity index (χ0) is 13.7. The first-order chi connectivity index (χ1) is 9.28. The third kappa shape index (κ3) is 3.82. The van der Waals surface area contributed by atoms with E-state index in [0.717, 1.165) is 49.9 Å². The predicted octanol–water partition coefficient (Wildman–Crippen LogP) is 3.41. The number of nitrogens with zero attached hydrogens (tertiary/aromatic N) is 3. The molecule has 106 valence electrons. The fourth-order valence-corrected chi connectivity index (χ4v) is 2.29. The largest absolute Gasteiger partial charge is 0.370 e. The van der Waals surface area contributed by atoms with Crippen molar-refractivity contribution in [3.63, 3.8) is 0 Å². The van der Waals surface area contributed by atoms with E-state index in [2.05, 4.69) is 42.0 Å². The van der Waals surface area contributed by atoms with Gasteiger partial charge in [-0.1, -0.05) is 13.8 Å². The van der Waals surface area contributed by atoms with E-state index in [0.29, 0.717) is 5.92 Å². The highest BCUT2D eigenvalue weighted by Gasteiger charge is 2.27. The second kappa shape index (κ2) is 6.73. The molecule has 1 saturated carbocycles. The molecule has 0 radical (unpaired) electrons. The molecule has 1 fully saturated rings. The van der Waals surface area contributed by atoms with E-state index in [1.54, 1.807) is 0 Å². The fourth-order valence-electron chi connectivity index (χ4n) is 2.29. The smallest absolute Gasteiger partial charge is 0.136 e. The lowest BCUT2D eigenvalue weighted by Crippen LogP contribution is -2.26. The third-order valence-electron chi connectivity index (χ3n) is 3.34. The Bertz CT molecular complexity index is 395. The first-order valence-electron chi connectivity index (χ1n) is 7.66. The van der Waals surface area contributed by atoms with Crippen LogP contribution in [0.4, 0.5) is 11.6 Å². The normalized spacial score (nSPS) is 14.5. The van der Waals surface area contributed by atoms with Crippen LogP contribution < -0.4 is 10.2 Å². The summed E-state index contributed by atoms with van der Waals surface area (Å²) in [5.74, 6) is 3.70. The average molecular weight is 262 g/mol. The molecule has 0 bridgehead atoms. The minimum atomic E-state index is 0.599. The van der Waals surface area contributed by atoms with Crippen LogP contribution in [-0.4, -0.2) is 29.6 Å². The lowest BCUT2D eigenvalue weighted by atomic mass is 10.3. The molecule has 0 aromatic carbocycles. The van der Waals surface area contributed by atoms with Crippen LogP contribution in [0.5, 0.6) is 0 Å². The Morgan fingerprint density at radius 1 is 1.16 bits per heavy atom. The molecular formula is C15H26N4. The molecule has 2 rings (SSSR count). The van der Waals surface area contributed by atoms with Crippen molar-refractivity contribution in [2.75, 3.05) is 29.9 Å². The quantitative estimate of drug-likeness (QED) is 0.779. The maximum atomic E-state index is 4.79. The summed E-state index contributed by atoms with van der Waals surface area (Å²) in [4.78, 5) is 11.8. The van der Waals surface area contributed by atoms with Gasteiger partial charge < -0.3 is 10.2 Å². The topological polar surface area (TPSA) is 41.0 Å². The first kappa shape index (κ1) is 14.1. The van der Waals surface area contributed by atoms with E-state index in [1.807, 2.05) is 0 Å². The molecule has 0 unspecified atom stereocenters. The second-order valence-electron chi connectivity index (χ2n) is 5.26. The fraction of sp³-hybridized carbons (Fsp3) is 0.733. The summed E-state index contributed by atoms with van der Waals surface area (Å²) in [7, 11) is 0. The minimum absolute atomic E-state index is 0.599. The monoisotopic (exact) mass is 262 g/mol. The Kier molecular flexibility index (Phi) is 5.00. The van der Waals surface area contributed by atoms with Crippen LogP contribution in [0.15, 0.2) is 6.07 Å². The van der Waals surface area contributed by atoms with Crippen LogP contribution in [0.25, 0.3) is 0 Å². The lowest BCUT2D eigenvalue weighted by Gasteiger charge is -2.23. The molecule has 1 aliphatic carbocycles. The molecule has 19 heavy (non-hydrogen) atoms. The van der Waals surface area contributed by atoms with Crippen LogP contribution in [0.2, 0.25) is 0 Å². The van der Waals surface area contributed by atoms with Crippen LogP contribution >= 0.6 is 0 Å². The number of anilines is 2. The molecule has 1 aromatic heterocycles. The van der Waals surface area contributed by atoms with Gasteiger partial charge in [-0.2, -0.15) is 0 Å². The molecule has 0 aliphatic heterocycles. The van der Waals surface area contributed by atoms with Gasteiger partial charge in [-0.05, 0) is 32.6 Å². The van der Waals surface area contributed by atoms with Gasteiger partial charge in [-0.15, -0.1) is 0 Å². The number of nitrogens with one attached hydrogen (secondary N) is 1. The van der Waals surface area contributed by atoms with Crippen molar-refractivity contribution >= 4 is 11.6 Å². The molecule has 1 heterocycles. The molecule has 0 spiro atoms. The van der Waals surface area contributed by atoms with Gasteiger partial charge in [-0.25, -0.2) is 9.97 Å². The van der Waals surface area contributed by atoms with E-state index >= 15 is 0 Å². The Labute approximate surface area is 116 Å². The van der Waals surface area contributed by atoms with E-state index < -0.39 is 0 Å².